The molecule has 5 rings (SSSR count). The third kappa shape index (κ3) is 4.28. The average molecular weight is 436 g/mol. The van der Waals surface area contributed by atoms with E-state index in [2.05, 4.69) is 21.0 Å². The summed E-state index contributed by atoms with van der Waals surface area (Å²) in [6.45, 7) is 1.84. The molecule has 3 heterocycles. The smallest absolute Gasteiger partial charge is 0.322 e. The maximum atomic E-state index is 13.9. The zero-order valence-electron chi connectivity index (χ0n) is 17.7. The van der Waals surface area contributed by atoms with Gasteiger partial charge >= 0.3 is 6.01 Å². The summed E-state index contributed by atoms with van der Waals surface area (Å²) in [5.74, 6) is 0.387. The predicted molar refractivity (Wildman–Crippen MR) is 117 cm³/mol. The van der Waals surface area contributed by atoms with Gasteiger partial charge in [0.2, 0.25) is 5.95 Å². The summed E-state index contributed by atoms with van der Waals surface area (Å²) >= 11 is 0. The van der Waals surface area contributed by atoms with Gasteiger partial charge in [0, 0.05) is 24.9 Å². The molecular weight excluding hydrogens is 411 g/mol. The highest BCUT2D eigenvalue weighted by atomic mass is 19.1. The minimum atomic E-state index is -0.364. The Kier molecular flexibility index (Phi) is 5.96. The molecule has 1 fully saturated rings. The van der Waals surface area contributed by atoms with Crippen LogP contribution in [-0.4, -0.2) is 52.5 Å². The minimum Gasteiger partial charge on any atom is -0.460 e. The fourth-order valence-corrected chi connectivity index (χ4v) is 4.31. The number of anilines is 1. The lowest BCUT2D eigenvalue weighted by atomic mass is 9.93. The molecule has 2 aromatic carbocycles. The van der Waals surface area contributed by atoms with Gasteiger partial charge in [-0.15, -0.1) is 0 Å². The monoisotopic (exact) mass is 436 g/mol. The number of halogens is 1. The molecule has 1 saturated heterocycles. The van der Waals surface area contributed by atoms with Crippen LogP contribution in [0.2, 0.25) is 0 Å². The average Bonchev–Trinajstić information content (AvgIpc) is 2.83. The van der Waals surface area contributed by atoms with Gasteiger partial charge in [-0.1, -0.05) is 36.4 Å². The van der Waals surface area contributed by atoms with Crippen LogP contribution in [0.4, 0.5) is 10.3 Å². The van der Waals surface area contributed by atoms with E-state index in [1.165, 1.54) is 17.7 Å². The highest BCUT2D eigenvalue weighted by molar-refractivity contribution is 5.57. The van der Waals surface area contributed by atoms with E-state index in [1.807, 2.05) is 23.1 Å². The van der Waals surface area contributed by atoms with Crippen LogP contribution in [-0.2, 0) is 11.2 Å². The van der Waals surface area contributed by atoms with Crippen molar-refractivity contribution in [3.05, 3.63) is 65.5 Å². The first-order chi connectivity index (χ1) is 15.7. The highest BCUT2D eigenvalue weighted by Crippen LogP contribution is 2.33. The van der Waals surface area contributed by atoms with E-state index in [1.54, 1.807) is 12.1 Å². The number of aliphatic hydroxyl groups is 1. The fraction of sp³-hybridized carbons (Fsp3) is 0.375. The number of rotatable bonds is 5. The van der Waals surface area contributed by atoms with E-state index in [-0.39, 0.29) is 30.6 Å². The topological polar surface area (TPSA) is 80.6 Å². The van der Waals surface area contributed by atoms with Crippen molar-refractivity contribution in [3.8, 4) is 17.4 Å². The molecule has 1 atom stereocenters. The van der Waals surface area contributed by atoms with E-state index < -0.39 is 0 Å². The Labute approximate surface area is 185 Å². The van der Waals surface area contributed by atoms with Crippen LogP contribution < -0.4 is 9.64 Å². The molecule has 2 aliphatic rings. The lowest BCUT2D eigenvalue weighted by Gasteiger charge is -2.36. The summed E-state index contributed by atoms with van der Waals surface area (Å²) in [6, 6.07) is 14.2. The predicted octanol–water partition coefficient (Wildman–Crippen LogP) is 3.33. The molecule has 7 nitrogen and oxygen atoms in total. The summed E-state index contributed by atoms with van der Waals surface area (Å²) < 4.78 is 25.4. The lowest BCUT2D eigenvalue weighted by Crippen LogP contribution is -2.38. The van der Waals surface area contributed by atoms with Crippen LogP contribution >= 0.6 is 0 Å². The highest BCUT2D eigenvalue weighted by Gasteiger charge is 2.30. The minimum absolute atomic E-state index is 0.0462. The Morgan fingerprint density at radius 2 is 1.91 bits per heavy atom. The molecule has 32 heavy (non-hydrogen) atoms. The second-order valence-electron chi connectivity index (χ2n) is 8.02. The summed E-state index contributed by atoms with van der Waals surface area (Å²) in [5, 5.41) is 10.2. The van der Waals surface area contributed by atoms with Crippen molar-refractivity contribution in [2.75, 3.05) is 31.3 Å². The molecule has 1 N–H and O–H groups in total. The molecule has 0 spiro atoms. The Balaban J connectivity index is 1.54. The Hall–Kier alpha value is -3.10. The number of fused-ring (bicyclic) bond motifs is 1. The summed E-state index contributed by atoms with van der Waals surface area (Å²) in [6.07, 6.45) is 2.28. The van der Waals surface area contributed by atoms with Crippen LogP contribution in [0, 0.1) is 5.82 Å². The van der Waals surface area contributed by atoms with Gasteiger partial charge in [0.15, 0.2) is 5.82 Å². The van der Waals surface area contributed by atoms with E-state index >= 15 is 0 Å². The number of ether oxygens (including phenoxy) is 2. The van der Waals surface area contributed by atoms with Crippen molar-refractivity contribution in [2.45, 2.75) is 31.4 Å². The first-order valence-electron chi connectivity index (χ1n) is 10.9. The van der Waals surface area contributed by atoms with Crippen LogP contribution in [0.5, 0.6) is 6.01 Å². The molecule has 0 radical (unpaired) electrons. The second-order valence-corrected chi connectivity index (χ2v) is 8.02. The standard InChI is InChI=1S/C24H25FN4O3/c25-18-6-3-5-17(14-18)22-26-23(28-24(27-22)32-19-9-12-31-13-10-19)29-11-8-16-4-1-2-7-20(16)21(29)15-30/h1-7,14,19,21,30H,8-13,15H2. The van der Waals surface area contributed by atoms with Crippen molar-refractivity contribution in [1.29, 1.82) is 0 Å². The molecule has 8 heteroatoms. The van der Waals surface area contributed by atoms with E-state index in [9.17, 15) is 9.50 Å². The van der Waals surface area contributed by atoms with Gasteiger partial charge in [-0.05, 0) is 29.7 Å². The Morgan fingerprint density at radius 1 is 1.06 bits per heavy atom. The first-order valence-corrected chi connectivity index (χ1v) is 10.9. The zero-order valence-corrected chi connectivity index (χ0v) is 17.7. The number of nitrogens with zero attached hydrogens (tertiary/aromatic N) is 4. The van der Waals surface area contributed by atoms with Gasteiger partial charge in [-0.25, -0.2) is 4.39 Å². The van der Waals surface area contributed by atoms with Gasteiger partial charge in [-0.3, -0.25) is 0 Å². The van der Waals surface area contributed by atoms with Gasteiger partial charge in [0.25, 0.3) is 0 Å². The van der Waals surface area contributed by atoms with E-state index in [0.29, 0.717) is 37.1 Å². The molecule has 0 amide bonds. The van der Waals surface area contributed by atoms with Crippen molar-refractivity contribution >= 4 is 5.95 Å². The fourth-order valence-electron chi connectivity index (χ4n) is 4.31. The molecule has 0 aliphatic carbocycles. The third-order valence-electron chi connectivity index (χ3n) is 5.97. The Morgan fingerprint density at radius 3 is 2.72 bits per heavy atom. The number of hydrogen-bond acceptors (Lipinski definition) is 7. The van der Waals surface area contributed by atoms with Crippen LogP contribution in [0.25, 0.3) is 11.4 Å². The maximum Gasteiger partial charge on any atom is 0.322 e. The SMILES string of the molecule is OCC1c2ccccc2CCN1c1nc(OC2CCOCC2)nc(-c2cccc(F)c2)n1. The first kappa shape index (κ1) is 20.8. The van der Waals surface area contributed by atoms with Crippen LogP contribution in [0.1, 0.15) is 30.0 Å². The normalized spacial score (nSPS) is 18.9. The van der Waals surface area contributed by atoms with Crippen LogP contribution in [0.15, 0.2) is 48.5 Å². The van der Waals surface area contributed by atoms with Crippen LogP contribution in [0.3, 0.4) is 0 Å². The maximum absolute atomic E-state index is 13.9. The third-order valence-corrected chi connectivity index (χ3v) is 5.97. The Bertz CT molecular complexity index is 1090. The van der Waals surface area contributed by atoms with Crippen molar-refractivity contribution in [1.82, 2.24) is 15.0 Å². The summed E-state index contributed by atoms with van der Waals surface area (Å²) in [7, 11) is 0. The molecule has 166 valence electrons. The quantitative estimate of drug-likeness (QED) is 0.657. The molecular formula is C24H25FN4O3. The lowest BCUT2D eigenvalue weighted by molar-refractivity contribution is 0.0217. The van der Waals surface area contributed by atoms with Gasteiger partial charge < -0.3 is 19.5 Å². The summed E-state index contributed by atoms with van der Waals surface area (Å²) in [4.78, 5) is 15.7. The van der Waals surface area contributed by atoms with Crippen molar-refractivity contribution in [3.63, 3.8) is 0 Å². The van der Waals surface area contributed by atoms with Crippen molar-refractivity contribution < 1.29 is 19.0 Å². The zero-order chi connectivity index (χ0) is 21.9. The molecule has 0 bridgehead atoms. The molecule has 0 saturated carbocycles. The van der Waals surface area contributed by atoms with E-state index in [4.69, 9.17) is 9.47 Å². The number of benzene rings is 2. The molecule has 2 aliphatic heterocycles. The van der Waals surface area contributed by atoms with Gasteiger partial charge in [0.05, 0.1) is 25.9 Å². The van der Waals surface area contributed by atoms with E-state index in [0.717, 1.165) is 24.8 Å². The van der Waals surface area contributed by atoms with Crippen molar-refractivity contribution in [2.24, 2.45) is 0 Å². The molecule has 1 aromatic heterocycles. The second kappa shape index (κ2) is 9.18. The molecule has 3 aromatic rings. The number of hydrogen-bond donors (Lipinski definition) is 1. The number of aromatic nitrogens is 3. The van der Waals surface area contributed by atoms with Gasteiger partial charge in [-0.2, -0.15) is 15.0 Å². The summed E-state index contributed by atoms with van der Waals surface area (Å²) in [5.41, 5.74) is 2.81. The van der Waals surface area contributed by atoms with Gasteiger partial charge in [0.1, 0.15) is 11.9 Å². The molecule has 1 unspecified atom stereocenters. The largest absolute Gasteiger partial charge is 0.460 e. The number of aliphatic hydroxyl groups excluding tert-OH is 1.